The molecule has 0 aromatic heterocycles. The average Bonchev–Trinajstić information content (AvgIpc) is 2.92. The Morgan fingerprint density at radius 2 is 1.88 bits per heavy atom. The molecule has 0 spiro atoms. The van der Waals surface area contributed by atoms with Crippen molar-refractivity contribution in [2.24, 2.45) is 40.4 Å². The molecule has 25 heavy (non-hydrogen) atoms. The van der Waals surface area contributed by atoms with Crippen LogP contribution in [0, 0.1) is 40.4 Å². The molecule has 0 N–H and O–H groups in total. The van der Waals surface area contributed by atoms with Crippen molar-refractivity contribution in [3.05, 3.63) is 24.3 Å². The summed E-state index contributed by atoms with van der Waals surface area (Å²) in [5, 5.41) is 0. The predicted octanol–water partition coefficient (Wildman–Crippen LogP) is 5.81. The van der Waals surface area contributed by atoms with E-state index in [1.165, 1.54) is 32.1 Å². The van der Waals surface area contributed by atoms with Gasteiger partial charge >= 0.3 is 0 Å². The van der Waals surface area contributed by atoms with Crippen LogP contribution < -0.4 is 0 Å². The van der Waals surface area contributed by atoms with Gasteiger partial charge in [0.1, 0.15) is 5.78 Å². The molecule has 0 amide bonds. The van der Waals surface area contributed by atoms with Gasteiger partial charge in [0.15, 0.2) is 0 Å². The molecule has 0 aliphatic heterocycles. The Labute approximate surface area is 156 Å². The Bertz CT molecular complexity index is 593. The second-order valence-corrected chi connectivity index (χ2v) is 10.3. The molecule has 0 radical (unpaired) electrons. The molecule has 138 valence electrons. The summed E-state index contributed by atoms with van der Waals surface area (Å²) in [6.07, 6.45) is 20.5. The van der Waals surface area contributed by atoms with Crippen LogP contribution in [0.25, 0.3) is 0 Å². The summed E-state index contributed by atoms with van der Waals surface area (Å²) in [5.74, 6) is 4.33. The van der Waals surface area contributed by atoms with Crippen molar-refractivity contribution in [2.45, 2.75) is 65.2 Å². The number of hydrogen-bond donors (Lipinski definition) is 0. The summed E-state index contributed by atoms with van der Waals surface area (Å²) in [4.78, 5) is 12.0. The maximum absolute atomic E-state index is 12.0. The van der Waals surface area contributed by atoms with Crippen LogP contribution in [0.4, 0.5) is 0 Å². The molecule has 0 aromatic carbocycles. The van der Waals surface area contributed by atoms with Gasteiger partial charge < -0.3 is 0 Å². The standard InChI is InChI=1S/C23H35OP/c1-22-13-11-21-19(20(22)9-7-16(22)5-3-4-14-25)8-6-17-15-18(24)10-12-23(17,21)2/h3-4,6,8,16-17,19-21H,5,7,9-15,25H2,1-2H3/b4-3+. The van der Waals surface area contributed by atoms with Crippen molar-refractivity contribution in [3.63, 3.8) is 0 Å². The molecule has 0 heterocycles. The molecule has 4 aliphatic rings. The van der Waals surface area contributed by atoms with Gasteiger partial charge in [-0.3, -0.25) is 4.79 Å². The number of rotatable bonds is 3. The van der Waals surface area contributed by atoms with E-state index >= 15 is 0 Å². The monoisotopic (exact) mass is 358 g/mol. The van der Waals surface area contributed by atoms with E-state index in [2.05, 4.69) is 47.4 Å². The zero-order valence-electron chi connectivity index (χ0n) is 16.0. The van der Waals surface area contributed by atoms with Crippen LogP contribution in [0.2, 0.25) is 0 Å². The largest absolute Gasteiger partial charge is 0.300 e. The second-order valence-electron chi connectivity index (χ2n) is 9.79. The molecule has 0 saturated heterocycles. The second kappa shape index (κ2) is 6.63. The third kappa shape index (κ3) is 2.80. The topological polar surface area (TPSA) is 17.1 Å². The molecular formula is C23H35OP. The fourth-order valence-corrected chi connectivity index (χ4v) is 7.46. The fraction of sp³-hybridized carbons (Fsp3) is 0.783. The minimum Gasteiger partial charge on any atom is -0.300 e. The average molecular weight is 359 g/mol. The van der Waals surface area contributed by atoms with Gasteiger partial charge in [0, 0.05) is 12.8 Å². The van der Waals surface area contributed by atoms with E-state index in [9.17, 15) is 4.79 Å². The Balaban J connectivity index is 1.58. The molecule has 2 heteroatoms. The maximum Gasteiger partial charge on any atom is 0.133 e. The zero-order chi connectivity index (χ0) is 17.7. The zero-order valence-corrected chi connectivity index (χ0v) is 17.2. The van der Waals surface area contributed by atoms with Crippen LogP contribution in [0.5, 0.6) is 0 Å². The number of carbonyl (C=O) groups excluding carboxylic acids is 1. The fourth-order valence-electron chi connectivity index (χ4n) is 7.27. The third-order valence-corrected chi connectivity index (χ3v) is 9.17. The van der Waals surface area contributed by atoms with E-state index in [0.717, 1.165) is 49.1 Å². The van der Waals surface area contributed by atoms with Crippen molar-refractivity contribution in [1.29, 1.82) is 0 Å². The van der Waals surface area contributed by atoms with E-state index in [4.69, 9.17) is 0 Å². The Morgan fingerprint density at radius 3 is 2.68 bits per heavy atom. The molecule has 1 nitrogen and oxygen atoms in total. The van der Waals surface area contributed by atoms with E-state index in [1.54, 1.807) is 0 Å². The van der Waals surface area contributed by atoms with E-state index in [1.807, 2.05) is 0 Å². The van der Waals surface area contributed by atoms with Crippen molar-refractivity contribution >= 4 is 15.0 Å². The molecule has 8 unspecified atom stereocenters. The lowest BCUT2D eigenvalue weighted by atomic mass is 9.46. The van der Waals surface area contributed by atoms with Crippen molar-refractivity contribution < 1.29 is 4.79 Å². The van der Waals surface area contributed by atoms with E-state index in [-0.39, 0.29) is 0 Å². The van der Waals surface area contributed by atoms with Gasteiger partial charge in [-0.1, -0.05) is 38.2 Å². The van der Waals surface area contributed by atoms with Gasteiger partial charge in [-0.15, -0.1) is 9.24 Å². The van der Waals surface area contributed by atoms with Crippen LogP contribution in [0.15, 0.2) is 24.3 Å². The van der Waals surface area contributed by atoms with Gasteiger partial charge in [0.2, 0.25) is 0 Å². The normalized spacial score (nSPS) is 49.1. The van der Waals surface area contributed by atoms with E-state index in [0.29, 0.717) is 22.5 Å². The number of Topliss-reactive ketones (excluding diaryl/α,β-unsaturated/α-hetero) is 1. The van der Waals surface area contributed by atoms with Crippen molar-refractivity contribution in [2.75, 3.05) is 6.16 Å². The minimum atomic E-state index is 0.381. The molecule has 3 fully saturated rings. The highest BCUT2D eigenvalue weighted by molar-refractivity contribution is 7.16. The SMILES string of the molecule is CC12CCC(=O)CC1C=CC1C2CCC2(C)C(C/C=C/CP)CCC12. The van der Waals surface area contributed by atoms with Gasteiger partial charge in [0.25, 0.3) is 0 Å². The van der Waals surface area contributed by atoms with Crippen molar-refractivity contribution in [3.8, 4) is 0 Å². The van der Waals surface area contributed by atoms with Gasteiger partial charge in [-0.2, -0.15) is 0 Å². The first-order valence-electron chi connectivity index (χ1n) is 10.5. The minimum absolute atomic E-state index is 0.381. The van der Waals surface area contributed by atoms with Crippen LogP contribution >= 0.6 is 9.24 Å². The Hall–Kier alpha value is -0.420. The Kier molecular flexibility index (Phi) is 4.77. The number of allylic oxidation sites excluding steroid dienone is 4. The highest BCUT2D eigenvalue weighted by Crippen LogP contribution is 2.66. The first-order valence-corrected chi connectivity index (χ1v) is 11.4. The van der Waals surface area contributed by atoms with Crippen LogP contribution in [0.3, 0.4) is 0 Å². The van der Waals surface area contributed by atoms with Crippen molar-refractivity contribution in [1.82, 2.24) is 0 Å². The first kappa shape index (κ1) is 18.0. The lowest BCUT2D eigenvalue weighted by Crippen LogP contribution is -2.51. The molecule has 0 bridgehead atoms. The molecular weight excluding hydrogens is 323 g/mol. The Morgan fingerprint density at radius 1 is 1.08 bits per heavy atom. The number of fused-ring (bicyclic) bond motifs is 5. The highest BCUT2D eigenvalue weighted by Gasteiger charge is 2.58. The quantitative estimate of drug-likeness (QED) is 0.459. The molecule has 4 rings (SSSR count). The van der Waals surface area contributed by atoms with Gasteiger partial charge in [0.05, 0.1) is 0 Å². The summed E-state index contributed by atoms with van der Waals surface area (Å²) < 4.78 is 0. The summed E-state index contributed by atoms with van der Waals surface area (Å²) in [6, 6.07) is 0. The number of ketones is 1. The predicted molar refractivity (Wildman–Crippen MR) is 108 cm³/mol. The third-order valence-electron chi connectivity index (χ3n) is 8.90. The maximum atomic E-state index is 12.0. The number of hydrogen-bond acceptors (Lipinski definition) is 1. The van der Waals surface area contributed by atoms with Crippen LogP contribution in [-0.2, 0) is 4.79 Å². The molecule has 0 aromatic rings. The van der Waals surface area contributed by atoms with Crippen LogP contribution in [0.1, 0.15) is 65.2 Å². The lowest BCUT2D eigenvalue weighted by Gasteiger charge is -2.58. The number of carbonyl (C=O) groups is 1. The molecule has 3 saturated carbocycles. The van der Waals surface area contributed by atoms with E-state index < -0.39 is 0 Å². The van der Waals surface area contributed by atoms with Gasteiger partial charge in [-0.05, 0) is 85.1 Å². The summed E-state index contributed by atoms with van der Waals surface area (Å²) in [7, 11) is 2.80. The molecule has 8 atom stereocenters. The summed E-state index contributed by atoms with van der Waals surface area (Å²) in [5.41, 5.74) is 0.913. The smallest absolute Gasteiger partial charge is 0.133 e. The first-order chi connectivity index (χ1) is 12.0. The van der Waals surface area contributed by atoms with Crippen LogP contribution in [-0.4, -0.2) is 11.9 Å². The summed E-state index contributed by atoms with van der Waals surface area (Å²) >= 11 is 0. The highest BCUT2D eigenvalue weighted by atomic mass is 31.0. The van der Waals surface area contributed by atoms with Gasteiger partial charge in [-0.25, -0.2) is 0 Å². The lowest BCUT2D eigenvalue weighted by molar-refractivity contribution is -0.128. The summed E-state index contributed by atoms with van der Waals surface area (Å²) in [6.45, 7) is 5.12. The molecule has 4 aliphatic carbocycles.